The van der Waals surface area contributed by atoms with Crippen molar-refractivity contribution in [1.82, 2.24) is 0 Å². The highest BCUT2D eigenvalue weighted by molar-refractivity contribution is 5.74. The topological polar surface area (TPSA) is 175 Å². The summed E-state index contributed by atoms with van der Waals surface area (Å²) in [4.78, 5) is 51.1. The third-order valence-corrected chi connectivity index (χ3v) is 12.9. The van der Waals surface area contributed by atoms with Crippen molar-refractivity contribution < 1.29 is 58.2 Å². The normalized spacial score (nSPS) is 18.8. The van der Waals surface area contributed by atoms with E-state index < -0.39 is 67.3 Å². The van der Waals surface area contributed by atoms with Crippen LogP contribution in [0.25, 0.3) is 0 Å². The molecule has 428 valence electrons. The summed E-state index contributed by atoms with van der Waals surface area (Å²) in [5.41, 5.74) is 0. The highest BCUT2D eigenvalue weighted by atomic mass is 16.7. The molecule has 12 nitrogen and oxygen atoms in total. The fourth-order valence-corrected chi connectivity index (χ4v) is 8.45. The molecule has 0 saturated carbocycles. The van der Waals surface area contributed by atoms with E-state index in [-0.39, 0.29) is 25.9 Å². The van der Waals surface area contributed by atoms with E-state index in [9.17, 15) is 34.5 Å². The Morgan fingerprint density at radius 2 is 0.840 bits per heavy atom. The van der Waals surface area contributed by atoms with Crippen molar-refractivity contribution in [3.8, 4) is 0 Å². The van der Waals surface area contributed by atoms with Gasteiger partial charge in [0.15, 0.2) is 24.6 Å². The molecule has 0 spiro atoms. The Morgan fingerprint density at radius 3 is 1.31 bits per heavy atom. The fourth-order valence-electron chi connectivity index (χ4n) is 8.45. The molecule has 0 aromatic carbocycles. The molecule has 6 unspecified atom stereocenters. The van der Waals surface area contributed by atoms with E-state index in [0.29, 0.717) is 19.3 Å². The Labute approximate surface area is 454 Å². The van der Waals surface area contributed by atoms with E-state index in [1.54, 1.807) is 0 Å². The van der Waals surface area contributed by atoms with Crippen molar-refractivity contribution in [2.45, 2.75) is 276 Å². The van der Waals surface area contributed by atoms with Gasteiger partial charge in [0.25, 0.3) is 0 Å². The number of esters is 3. The molecule has 1 saturated heterocycles. The van der Waals surface area contributed by atoms with E-state index in [0.717, 1.165) is 96.3 Å². The van der Waals surface area contributed by atoms with Crippen LogP contribution in [-0.4, -0.2) is 89.2 Å². The quantitative estimate of drug-likeness (QED) is 0.0228. The van der Waals surface area contributed by atoms with Gasteiger partial charge in [-0.2, -0.15) is 0 Å². The Bertz CT molecular complexity index is 1630. The van der Waals surface area contributed by atoms with Gasteiger partial charge in [0, 0.05) is 19.3 Å². The van der Waals surface area contributed by atoms with Crippen molar-refractivity contribution >= 4 is 23.9 Å². The monoisotopic (exact) mass is 1050 g/mol. The third-order valence-electron chi connectivity index (χ3n) is 12.9. The van der Waals surface area contributed by atoms with E-state index >= 15 is 0 Å². The number of carbonyl (C=O) groups excluding carboxylic acids is 3. The van der Waals surface area contributed by atoms with E-state index in [1.165, 1.54) is 83.5 Å². The van der Waals surface area contributed by atoms with Gasteiger partial charge in [0.1, 0.15) is 18.8 Å². The van der Waals surface area contributed by atoms with Crippen LogP contribution < -0.4 is 0 Å². The lowest BCUT2D eigenvalue weighted by atomic mass is 9.98. The maximum absolute atomic E-state index is 13.1. The lowest BCUT2D eigenvalue weighted by Crippen LogP contribution is -2.61. The molecule has 0 bridgehead atoms. The standard InChI is InChI=1S/C63H104O12/c1-4-7-10-13-16-19-22-25-26-27-28-29-30-33-34-37-40-43-46-49-55(64)71-52-54(73-56(65)50-47-44-41-38-35-31-23-20-17-14-11-8-5-2)53-72-63-61(59(68)58(67)60(75-63)62(69)70)74-57(66)51-48-45-42-39-36-32-24-21-18-15-12-9-6-3/h8-9,11-12,17-18,20-21,25-26,31-32,35-36,54,58-61,63,67-68H,4-7,10,13-16,19,22-24,27-30,33-34,37-53H2,1-3H3,(H,69,70)/b11-8-,12-9-,20-17-,21-18-,26-25-,35-31-,36-32-. The molecule has 0 amide bonds. The summed E-state index contributed by atoms with van der Waals surface area (Å²) in [5, 5.41) is 31.4. The number of rotatable bonds is 49. The summed E-state index contributed by atoms with van der Waals surface area (Å²) in [6, 6.07) is 0. The number of carboxylic acid groups (broad SMARTS) is 1. The van der Waals surface area contributed by atoms with Crippen molar-refractivity contribution in [2.75, 3.05) is 13.2 Å². The summed E-state index contributed by atoms with van der Waals surface area (Å²) in [6.07, 6.45) is 52.8. The highest BCUT2D eigenvalue weighted by Crippen LogP contribution is 2.26. The molecule has 1 fully saturated rings. The zero-order valence-corrected chi connectivity index (χ0v) is 47.0. The summed E-state index contributed by atoms with van der Waals surface area (Å²) in [7, 11) is 0. The number of aliphatic carboxylic acids is 1. The maximum Gasteiger partial charge on any atom is 0.335 e. The van der Waals surface area contributed by atoms with Gasteiger partial charge in [0.05, 0.1) is 6.61 Å². The second kappa shape index (κ2) is 50.7. The molecular weight excluding hydrogens is 949 g/mol. The Kier molecular flexibility index (Phi) is 46.6. The second-order valence-electron chi connectivity index (χ2n) is 19.9. The van der Waals surface area contributed by atoms with Gasteiger partial charge >= 0.3 is 23.9 Å². The molecule has 75 heavy (non-hydrogen) atoms. The summed E-state index contributed by atoms with van der Waals surface area (Å²) < 4.78 is 28.3. The van der Waals surface area contributed by atoms with Crippen molar-refractivity contribution in [2.24, 2.45) is 0 Å². The van der Waals surface area contributed by atoms with Crippen LogP contribution in [0.2, 0.25) is 0 Å². The van der Waals surface area contributed by atoms with Crippen LogP contribution in [0.1, 0.15) is 239 Å². The molecule has 0 aromatic heterocycles. The zero-order valence-electron chi connectivity index (χ0n) is 47.0. The predicted molar refractivity (Wildman–Crippen MR) is 303 cm³/mol. The molecule has 6 atom stereocenters. The lowest BCUT2D eigenvalue weighted by Gasteiger charge is -2.40. The number of hydrogen-bond acceptors (Lipinski definition) is 11. The first-order valence-electron chi connectivity index (χ1n) is 29.6. The Balaban J connectivity index is 2.70. The largest absolute Gasteiger partial charge is 0.479 e. The molecule has 1 aliphatic rings. The van der Waals surface area contributed by atoms with Gasteiger partial charge in [-0.15, -0.1) is 0 Å². The zero-order chi connectivity index (χ0) is 54.7. The van der Waals surface area contributed by atoms with E-state index in [4.69, 9.17) is 23.7 Å². The van der Waals surface area contributed by atoms with Crippen LogP contribution in [0.4, 0.5) is 0 Å². The summed E-state index contributed by atoms with van der Waals surface area (Å²) in [5.74, 6) is -3.20. The molecule has 0 aliphatic carbocycles. The van der Waals surface area contributed by atoms with Crippen LogP contribution in [0, 0.1) is 0 Å². The van der Waals surface area contributed by atoms with Gasteiger partial charge < -0.3 is 39.0 Å². The van der Waals surface area contributed by atoms with Gasteiger partial charge in [-0.05, 0) is 109 Å². The molecule has 1 rings (SSSR count). The van der Waals surface area contributed by atoms with Crippen LogP contribution in [0.3, 0.4) is 0 Å². The highest BCUT2D eigenvalue weighted by Gasteiger charge is 2.50. The number of aliphatic hydroxyl groups excluding tert-OH is 2. The van der Waals surface area contributed by atoms with Crippen molar-refractivity contribution in [1.29, 1.82) is 0 Å². The second-order valence-corrected chi connectivity index (χ2v) is 19.9. The predicted octanol–water partition coefficient (Wildman–Crippen LogP) is 15.1. The average molecular weight is 1050 g/mol. The first kappa shape index (κ1) is 68.9. The van der Waals surface area contributed by atoms with Crippen molar-refractivity contribution in [3.63, 3.8) is 0 Å². The van der Waals surface area contributed by atoms with Crippen LogP contribution in [0.5, 0.6) is 0 Å². The van der Waals surface area contributed by atoms with Gasteiger partial charge in [-0.1, -0.05) is 196 Å². The maximum atomic E-state index is 13.1. The summed E-state index contributed by atoms with van der Waals surface area (Å²) in [6.45, 7) is 5.71. The average Bonchev–Trinajstić information content (AvgIpc) is 3.39. The molecule has 1 aliphatic heterocycles. The summed E-state index contributed by atoms with van der Waals surface area (Å²) >= 11 is 0. The number of ether oxygens (including phenoxy) is 5. The number of allylic oxidation sites excluding steroid dienone is 14. The van der Waals surface area contributed by atoms with E-state index in [1.807, 2.05) is 0 Å². The minimum Gasteiger partial charge on any atom is -0.479 e. The molecule has 0 radical (unpaired) electrons. The SMILES string of the molecule is CC/C=C\C/C=C\C/C=C\CCCCCC(=O)OC(COC(=O)CCCCCCCCCCC/C=C\CCCCCCCC)COC1OC(C(=O)O)C(O)C(O)C1OC(=O)CCCCC/C=C\C/C=C\C/C=C\CC. The molecule has 12 heteroatoms. The van der Waals surface area contributed by atoms with E-state index in [2.05, 4.69) is 106 Å². The smallest absolute Gasteiger partial charge is 0.335 e. The molecule has 0 aromatic rings. The number of carboxylic acids is 1. The number of hydrogen-bond donors (Lipinski definition) is 3. The van der Waals surface area contributed by atoms with Crippen LogP contribution in [-0.2, 0) is 42.9 Å². The first-order chi connectivity index (χ1) is 36.6. The Hall–Kier alpha value is -4.10. The van der Waals surface area contributed by atoms with Gasteiger partial charge in [-0.25, -0.2) is 4.79 Å². The van der Waals surface area contributed by atoms with Gasteiger partial charge in [0.2, 0.25) is 0 Å². The Morgan fingerprint density at radius 1 is 0.453 bits per heavy atom. The fraction of sp³-hybridized carbons (Fsp3) is 0.714. The molecule has 3 N–H and O–H groups in total. The lowest BCUT2D eigenvalue weighted by molar-refractivity contribution is -0.301. The van der Waals surface area contributed by atoms with Crippen molar-refractivity contribution in [3.05, 3.63) is 85.1 Å². The number of carbonyl (C=O) groups is 4. The number of aliphatic hydroxyl groups is 2. The minimum atomic E-state index is -1.92. The third kappa shape index (κ3) is 40.8. The van der Waals surface area contributed by atoms with Crippen LogP contribution in [0.15, 0.2) is 85.1 Å². The first-order valence-corrected chi connectivity index (χ1v) is 29.6. The van der Waals surface area contributed by atoms with Crippen LogP contribution >= 0.6 is 0 Å². The molecule has 1 heterocycles. The minimum absolute atomic E-state index is 0.0187. The van der Waals surface area contributed by atoms with Gasteiger partial charge in [-0.3, -0.25) is 14.4 Å². The molecular formula is C63H104O12. The number of unbranched alkanes of at least 4 members (excludes halogenated alkanes) is 21.